The Balaban J connectivity index is 3.14. The Kier molecular flexibility index (Phi) is 2.91. The summed E-state index contributed by atoms with van der Waals surface area (Å²) in [6.07, 6.45) is -0.764. The van der Waals surface area contributed by atoms with Crippen molar-refractivity contribution >= 4 is 0 Å². The number of nitrogens with two attached hydrogens (primary N) is 1. The first kappa shape index (κ1) is 6.88. The molecular weight excluding hydrogens is 94.0 g/mol. The SMILES string of the molecule is CC(N)C(O)CO. The van der Waals surface area contributed by atoms with Gasteiger partial charge in [0.25, 0.3) is 0 Å². The summed E-state index contributed by atoms with van der Waals surface area (Å²) in [6.45, 7) is 1.39. The standard InChI is InChI=1S/C4H11NO2/c1-3(5)4(7)2-6/h3-4,6-7H,2,5H2,1H3. The zero-order chi connectivity index (χ0) is 5.86. The minimum atomic E-state index is -0.764. The summed E-state index contributed by atoms with van der Waals surface area (Å²) in [7, 11) is 0. The molecule has 44 valence electrons. The van der Waals surface area contributed by atoms with E-state index < -0.39 is 6.10 Å². The minimum absolute atomic E-state index is 0.252. The third-order valence-corrected chi connectivity index (χ3v) is 0.794. The van der Waals surface area contributed by atoms with Gasteiger partial charge in [0.05, 0.1) is 12.7 Å². The lowest BCUT2D eigenvalue weighted by Crippen LogP contribution is -2.33. The van der Waals surface area contributed by atoms with Crippen LogP contribution in [0.25, 0.3) is 0 Å². The molecular formula is C4H11NO2. The van der Waals surface area contributed by atoms with Crippen LogP contribution < -0.4 is 5.73 Å². The van der Waals surface area contributed by atoms with Crippen molar-refractivity contribution in [2.45, 2.75) is 19.1 Å². The summed E-state index contributed by atoms with van der Waals surface area (Å²) in [4.78, 5) is 0. The van der Waals surface area contributed by atoms with E-state index in [-0.39, 0.29) is 12.6 Å². The molecule has 0 aromatic carbocycles. The normalized spacial score (nSPS) is 18.9. The summed E-state index contributed by atoms with van der Waals surface area (Å²) < 4.78 is 0. The average molecular weight is 105 g/mol. The van der Waals surface area contributed by atoms with E-state index in [1.807, 2.05) is 0 Å². The molecule has 0 heterocycles. The second-order valence-corrected chi connectivity index (χ2v) is 1.61. The highest BCUT2D eigenvalue weighted by molar-refractivity contribution is 4.62. The molecule has 0 radical (unpaired) electrons. The first-order chi connectivity index (χ1) is 3.18. The Hall–Kier alpha value is -0.120. The fraction of sp³-hybridized carbons (Fsp3) is 1.00. The van der Waals surface area contributed by atoms with Crippen molar-refractivity contribution in [1.82, 2.24) is 0 Å². The lowest BCUT2D eigenvalue weighted by molar-refractivity contribution is 0.0789. The molecule has 0 rings (SSSR count). The fourth-order valence-corrected chi connectivity index (χ4v) is 0.166. The van der Waals surface area contributed by atoms with Crippen molar-refractivity contribution in [3.63, 3.8) is 0 Å². The number of aliphatic hydroxyl groups excluding tert-OH is 2. The molecule has 0 aromatic heterocycles. The zero-order valence-corrected chi connectivity index (χ0v) is 4.33. The van der Waals surface area contributed by atoms with Crippen molar-refractivity contribution in [2.24, 2.45) is 5.73 Å². The van der Waals surface area contributed by atoms with Crippen molar-refractivity contribution in [3.8, 4) is 0 Å². The van der Waals surface area contributed by atoms with Crippen molar-refractivity contribution < 1.29 is 10.2 Å². The van der Waals surface area contributed by atoms with Crippen LogP contribution in [-0.4, -0.2) is 29.0 Å². The van der Waals surface area contributed by atoms with Gasteiger partial charge in [-0.3, -0.25) is 0 Å². The maximum absolute atomic E-state index is 8.56. The van der Waals surface area contributed by atoms with Gasteiger partial charge in [-0.1, -0.05) is 0 Å². The molecule has 3 heteroatoms. The molecule has 0 amide bonds. The zero-order valence-electron chi connectivity index (χ0n) is 4.33. The molecule has 7 heavy (non-hydrogen) atoms. The first-order valence-corrected chi connectivity index (χ1v) is 2.23. The van der Waals surface area contributed by atoms with Crippen LogP contribution in [0.3, 0.4) is 0 Å². The van der Waals surface area contributed by atoms with E-state index >= 15 is 0 Å². The molecule has 0 aromatic rings. The molecule has 0 aliphatic carbocycles. The molecule has 2 unspecified atom stereocenters. The van der Waals surface area contributed by atoms with Gasteiger partial charge in [0.2, 0.25) is 0 Å². The smallest absolute Gasteiger partial charge is 0.0918 e. The molecule has 0 saturated heterocycles. The third kappa shape index (κ3) is 2.56. The van der Waals surface area contributed by atoms with Gasteiger partial charge < -0.3 is 15.9 Å². The Labute approximate surface area is 42.8 Å². The largest absolute Gasteiger partial charge is 0.394 e. The van der Waals surface area contributed by atoms with Crippen LogP contribution in [0.5, 0.6) is 0 Å². The van der Waals surface area contributed by atoms with E-state index in [1.54, 1.807) is 6.92 Å². The molecule has 4 N–H and O–H groups in total. The maximum Gasteiger partial charge on any atom is 0.0918 e. The third-order valence-electron chi connectivity index (χ3n) is 0.794. The van der Waals surface area contributed by atoms with Crippen molar-refractivity contribution in [2.75, 3.05) is 6.61 Å². The van der Waals surface area contributed by atoms with E-state index in [4.69, 9.17) is 15.9 Å². The van der Waals surface area contributed by atoms with E-state index in [2.05, 4.69) is 0 Å². The van der Waals surface area contributed by atoms with Crippen LogP contribution in [0, 0.1) is 0 Å². The molecule has 0 spiro atoms. The highest BCUT2D eigenvalue weighted by Gasteiger charge is 2.05. The lowest BCUT2D eigenvalue weighted by atomic mass is 10.2. The van der Waals surface area contributed by atoms with Crippen LogP contribution in [0.15, 0.2) is 0 Å². The van der Waals surface area contributed by atoms with Crippen molar-refractivity contribution in [3.05, 3.63) is 0 Å². The average Bonchev–Trinajstić information content (AvgIpc) is 1.65. The van der Waals surface area contributed by atoms with Gasteiger partial charge in [0.15, 0.2) is 0 Å². The number of aliphatic hydroxyl groups is 2. The van der Waals surface area contributed by atoms with Crippen molar-refractivity contribution in [1.29, 1.82) is 0 Å². The second kappa shape index (κ2) is 2.96. The van der Waals surface area contributed by atoms with Gasteiger partial charge in [-0.05, 0) is 6.92 Å². The molecule has 0 aliphatic rings. The Morgan fingerprint density at radius 3 is 2.14 bits per heavy atom. The van der Waals surface area contributed by atoms with Gasteiger partial charge >= 0.3 is 0 Å². The van der Waals surface area contributed by atoms with E-state index in [1.165, 1.54) is 0 Å². The summed E-state index contributed by atoms with van der Waals surface area (Å²) in [5, 5.41) is 16.7. The van der Waals surface area contributed by atoms with Gasteiger partial charge in [0.1, 0.15) is 0 Å². The minimum Gasteiger partial charge on any atom is -0.394 e. The molecule has 0 fully saturated rings. The Morgan fingerprint density at radius 2 is 2.14 bits per heavy atom. The molecule has 0 saturated carbocycles. The molecule has 0 bridgehead atoms. The van der Waals surface area contributed by atoms with Crippen LogP contribution in [-0.2, 0) is 0 Å². The topological polar surface area (TPSA) is 66.5 Å². The van der Waals surface area contributed by atoms with Gasteiger partial charge in [-0.2, -0.15) is 0 Å². The lowest BCUT2D eigenvalue weighted by Gasteiger charge is -2.08. The monoisotopic (exact) mass is 105 g/mol. The predicted molar refractivity (Wildman–Crippen MR) is 26.7 cm³/mol. The summed E-state index contributed by atoms with van der Waals surface area (Å²) in [5.41, 5.74) is 5.14. The predicted octanol–water partition coefficient (Wildman–Crippen LogP) is -1.31. The quantitative estimate of drug-likeness (QED) is 0.408. The van der Waals surface area contributed by atoms with Crippen LogP contribution in [0.1, 0.15) is 6.92 Å². The molecule has 0 aliphatic heterocycles. The number of rotatable bonds is 2. The highest BCUT2D eigenvalue weighted by atomic mass is 16.3. The first-order valence-electron chi connectivity index (χ1n) is 2.23. The van der Waals surface area contributed by atoms with Crippen LogP contribution in [0.2, 0.25) is 0 Å². The fourth-order valence-electron chi connectivity index (χ4n) is 0.166. The van der Waals surface area contributed by atoms with Crippen LogP contribution >= 0.6 is 0 Å². The summed E-state index contributed by atoms with van der Waals surface area (Å²) in [5.74, 6) is 0. The maximum atomic E-state index is 8.56. The summed E-state index contributed by atoms with van der Waals surface area (Å²) >= 11 is 0. The van der Waals surface area contributed by atoms with Crippen LogP contribution in [0.4, 0.5) is 0 Å². The summed E-state index contributed by atoms with van der Waals surface area (Å²) in [6, 6.07) is -0.329. The van der Waals surface area contributed by atoms with E-state index in [0.29, 0.717) is 0 Å². The van der Waals surface area contributed by atoms with Gasteiger partial charge in [-0.25, -0.2) is 0 Å². The van der Waals surface area contributed by atoms with Gasteiger partial charge in [-0.15, -0.1) is 0 Å². The second-order valence-electron chi connectivity index (χ2n) is 1.61. The highest BCUT2D eigenvalue weighted by Crippen LogP contribution is 1.83. The Bertz CT molecular complexity index is 47.0. The van der Waals surface area contributed by atoms with Gasteiger partial charge in [0, 0.05) is 6.04 Å². The number of hydrogen-bond donors (Lipinski definition) is 3. The van der Waals surface area contributed by atoms with E-state index in [9.17, 15) is 0 Å². The molecule has 2 atom stereocenters. The Morgan fingerprint density at radius 1 is 1.71 bits per heavy atom. The number of hydrogen-bond acceptors (Lipinski definition) is 3. The van der Waals surface area contributed by atoms with E-state index in [0.717, 1.165) is 0 Å². The molecule has 3 nitrogen and oxygen atoms in total.